The molecule has 0 spiro atoms. The minimum Gasteiger partial charge on any atom is -0.497 e. The van der Waals surface area contributed by atoms with Crippen LogP contribution in [0, 0.1) is 11.7 Å². The second kappa shape index (κ2) is 11.4. The lowest BCUT2D eigenvalue weighted by molar-refractivity contribution is -0.144. The number of anilines is 1. The maximum absolute atomic E-state index is 14.3. The number of nitrogens with one attached hydrogen (secondary N) is 1. The van der Waals surface area contributed by atoms with Crippen molar-refractivity contribution in [2.75, 3.05) is 19.5 Å². The molecule has 4 nitrogen and oxygen atoms in total. The van der Waals surface area contributed by atoms with Gasteiger partial charge in [-0.3, -0.25) is 4.79 Å². The summed E-state index contributed by atoms with van der Waals surface area (Å²) in [7, 11) is 3.00. The van der Waals surface area contributed by atoms with Crippen molar-refractivity contribution >= 4 is 11.7 Å². The zero-order valence-electron chi connectivity index (χ0n) is 20.8. The average molecular weight is 476 g/mol. The Bertz CT molecular complexity index is 1150. The molecule has 1 heterocycles. The van der Waals surface area contributed by atoms with Crippen LogP contribution in [0.4, 0.5) is 10.1 Å². The Hall–Kier alpha value is -3.34. The summed E-state index contributed by atoms with van der Waals surface area (Å²) < 4.78 is 24.4. The van der Waals surface area contributed by atoms with E-state index in [-0.39, 0.29) is 23.7 Å². The van der Waals surface area contributed by atoms with Crippen molar-refractivity contribution in [1.82, 2.24) is 0 Å². The number of hydrogen-bond donors (Lipinski definition) is 1. The first-order valence-electron chi connectivity index (χ1n) is 12.4. The van der Waals surface area contributed by atoms with Gasteiger partial charge in [0.05, 0.1) is 26.2 Å². The van der Waals surface area contributed by atoms with Crippen molar-refractivity contribution in [3.63, 3.8) is 0 Å². The van der Waals surface area contributed by atoms with Crippen LogP contribution in [0.1, 0.15) is 55.3 Å². The van der Waals surface area contributed by atoms with Crippen molar-refractivity contribution in [3.8, 4) is 16.9 Å². The van der Waals surface area contributed by atoms with Crippen LogP contribution in [0.15, 0.2) is 60.7 Å². The molecule has 0 amide bonds. The summed E-state index contributed by atoms with van der Waals surface area (Å²) in [5, 5.41) is 3.65. The molecule has 0 aromatic heterocycles. The summed E-state index contributed by atoms with van der Waals surface area (Å²) >= 11 is 0. The summed E-state index contributed by atoms with van der Waals surface area (Å²) in [5.74, 6) is -0.00607. The van der Waals surface area contributed by atoms with Crippen LogP contribution in [-0.4, -0.2) is 20.2 Å². The van der Waals surface area contributed by atoms with Gasteiger partial charge in [0.15, 0.2) is 0 Å². The number of carbonyl (C=O) groups is 1. The summed E-state index contributed by atoms with van der Waals surface area (Å²) in [6.07, 6.45) is 7.11. The minimum absolute atomic E-state index is 0.179. The number of carbonyl (C=O) groups excluding carboxylic acids is 1. The third-order valence-electron chi connectivity index (χ3n) is 6.50. The number of esters is 1. The van der Waals surface area contributed by atoms with Crippen molar-refractivity contribution in [2.24, 2.45) is 5.92 Å². The Morgan fingerprint density at radius 1 is 1.03 bits per heavy atom. The van der Waals surface area contributed by atoms with E-state index in [1.54, 1.807) is 19.2 Å². The van der Waals surface area contributed by atoms with E-state index < -0.39 is 0 Å². The molecule has 5 heteroatoms. The number of fused-ring (bicyclic) bond motifs is 1. The van der Waals surface area contributed by atoms with Gasteiger partial charge in [-0.1, -0.05) is 62.6 Å². The molecule has 1 aliphatic carbocycles. The average Bonchev–Trinajstić information content (AvgIpc) is 3.78. The Labute approximate surface area is 207 Å². The molecule has 5 rings (SSSR count). The van der Waals surface area contributed by atoms with E-state index in [0.29, 0.717) is 17.7 Å². The van der Waals surface area contributed by atoms with Crippen LogP contribution < -0.4 is 10.1 Å². The lowest BCUT2D eigenvalue weighted by Gasteiger charge is -2.28. The third kappa shape index (κ3) is 6.41. The molecule has 1 saturated carbocycles. The molecule has 35 heavy (non-hydrogen) atoms. The van der Waals surface area contributed by atoms with Gasteiger partial charge in [0.2, 0.25) is 0 Å². The molecule has 1 fully saturated rings. The van der Waals surface area contributed by atoms with Crippen LogP contribution in [0.3, 0.4) is 0 Å². The highest BCUT2D eigenvalue weighted by Gasteiger charge is 2.21. The summed E-state index contributed by atoms with van der Waals surface area (Å²) in [5.41, 5.74) is 6.02. The SMILES string of the molecule is C1CC1.COC(=O)C(C)Cc1ccc2c(c1)NC(c1ccc(-c3cc(OC)ccc3F)cc1)CC2. The van der Waals surface area contributed by atoms with E-state index in [2.05, 4.69) is 35.6 Å². The highest BCUT2D eigenvalue weighted by atomic mass is 19.1. The number of ether oxygens (including phenoxy) is 2. The Morgan fingerprint density at radius 2 is 1.77 bits per heavy atom. The largest absolute Gasteiger partial charge is 0.497 e. The Balaban J connectivity index is 0.000000894. The van der Waals surface area contributed by atoms with Gasteiger partial charge < -0.3 is 14.8 Å². The van der Waals surface area contributed by atoms with E-state index in [4.69, 9.17) is 9.47 Å². The van der Waals surface area contributed by atoms with Gasteiger partial charge in [-0.25, -0.2) is 4.39 Å². The second-order valence-corrected chi connectivity index (χ2v) is 9.38. The topological polar surface area (TPSA) is 47.6 Å². The molecule has 2 unspecified atom stereocenters. The van der Waals surface area contributed by atoms with Gasteiger partial charge in [-0.2, -0.15) is 0 Å². The maximum Gasteiger partial charge on any atom is 0.308 e. The fourth-order valence-electron chi connectivity index (χ4n) is 4.30. The van der Waals surface area contributed by atoms with E-state index in [0.717, 1.165) is 35.2 Å². The standard InChI is InChI=1S/C27H28FNO3.C3H6/c1-17(27(30)32-3)14-18-4-5-21-10-13-25(29-26(21)15-18)20-8-6-19(7-9-20)23-16-22(31-2)11-12-24(23)28;1-2-3-1/h4-9,11-12,15-17,25,29H,10,13-14H2,1-3H3;1-3H2. The van der Waals surface area contributed by atoms with E-state index in [1.807, 2.05) is 19.1 Å². The number of aryl methyl sites for hydroxylation is 1. The quantitative estimate of drug-likeness (QED) is 0.386. The van der Waals surface area contributed by atoms with Gasteiger partial charge in [0.25, 0.3) is 0 Å². The van der Waals surface area contributed by atoms with Gasteiger partial charge in [0, 0.05) is 11.3 Å². The molecule has 0 bridgehead atoms. The first kappa shape index (κ1) is 24.8. The summed E-state index contributed by atoms with van der Waals surface area (Å²) in [6.45, 7) is 1.88. The van der Waals surface area contributed by atoms with Crippen molar-refractivity contribution in [2.45, 2.75) is 51.5 Å². The molecule has 2 atom stereocenters. The summed E-state index contributed by atoms with van der Waals surface area (Å²) in [6, 6.07) is 19.4. The predicted molar refractivity (Wildman–Crippen MR) is 138 cm³/mol. The molecule has 184 valence electrons. The Morgan fingerprint density at radius 3 is 2.43 bits per heavy atom. The summed E-state index contributed by atoms with van der Waals surface area (Å²) in [4.78, 5) is 11.8. The first-order chi connectivity index (χ1) is 17.0. The first-order valence-corrected chi connectivity index (χ1v) is 12.4. The maximum atomic E-state index is 14.3. The van der Waals surface area contributed by atoms with Gasteiger partial charge in [-0.15, -0.1) is 0 Å². The van der Waals surface area contributed by atoms with E-state index in [1.165, 1.54) is 38.0 Å². The van der Waals surface area contributed by atoms with Crippen LogP contribution in [0.2, 0.25) is 0 Å². The number of benzene rings is 3. The van der Waals surface area contributed by atoms with Crippen molar-refractivity contribution in [1.29, 1.82) is 0 Å². The second-order valence-electron chi connectivity index (χ2n) is 9.38. The van der Waals surface area contributed by atoms with Crippen LogP contribution in [-0.2, 0) is 22.4 Å². The molecule has 3 aromatic carbocycles. The number of methoxy groups -OCH3 is 2. The zero-order valence-corrected chi connectivity index (χ0v) is 20.8. The monoisotopic (exact) mass is 475 g/mol. The highest BCUT2D eigenvalue weighted by molar-refractivity contribution is 5.72. The number of halogens is 1. The highest BCUT2D eigenvalue weighted by Crippen LogP contribution is 2.35. The predicted octanol–water partition coefficient (Wildman–Crippen LogP) is 7.12. The molecule has 1 aliphatic heterocycles. The van der Waals surface area contributed by atoms with Crippen LogP contribution in [0.25, 0.3) is 11.1 Å². The number of rotatable bonds is 6. The molecule has 1 N–H and O–H groups in total. The molecule has 0 radical (unpaired) electrons. The zero-order chi connectivity index (χ0) is 24.8. The third-order valence-corrected chi connectivity index (χ3v) is 6.50. The van der Waals surface area contributed by atoms with Crippen LogP contribution >= 0.6 is 0 Å². The van der Waals surface area contributed by atoms with Crippen LogP contribution in [0.5, 0.6) is 5.75 Å². The van der Waals surface area contributed by atoms with Crippen molar-refractivity contribution < 1.29 is 18.7 Å². The smallest absolute Gasteiger partial charge is 0.308 e. The number of hydrogen-bond acceptors (Lipinski definition) is 4. The molecular formula is C30H34FNO3. The Kier molecular flexibility index (Phi) is 8.06. The lowest BCUT2D eigenvalue weighted by Crippen LogP contribution is -2.19. The fraction of sp³-hybridized carbons (Fsp3) is 0.367. The minimum atomic E-state index is -0.267. The van der Waals surface area contributed by atoms with Gasteiger partial charge in [0.1, 0.15) is 11.6 Å². The van der Waals surface area contributed by atoms with E-state index >= 15 is 0 Å². The molecule has 3 aromatic rings. The fourth-order valence-corrected chi connectivity index (χ4v) is 4.30. The lowest BCUT2D eigenvalue weighted by atomic mass is 9.90. The normalized spacial score (nSPS) is 16.6. The molecule has 2 aliphatic rings. The molecule has 0 saturated heterocycles. The van der Waals surface area contributed by atoms with Gasteiger partial charge >= 0.3 is 5.97 Å². The molecular weight excluding hydrogens is 441 g/mol. The van der Waals surface area contributed by atoms with E-state index in [9.17, 15) is 9.18 Å². The van der Waals surface area contributed by atoms with Crippen molar-refractivity contribution in [3.05, 3.63) is 83.2 Å². The van der Waals surface area contributed by atoms with Gasteiger partial charge in [-0.05, 0) is 65.8 Å².